The first-order valence-corrected chi connectivity index (χ1v) is 4.13. The van der Waals surface area contributed by atoms with Crippen molar-refractivity contribution in [3.63, 3.8) is 0 Å². The van der Waals surface area contributed by atoms with Gasteiger partial charge in [-0.1, -0.05) is 6.42 Å². The third kappa shape index (κ3) is 2.27. The molecular weight excluding hydrogens is 166 g/mol. The smallest absolute Gasteiger partial charge is 0.445 e. The van der Waals surface area contributed by atoms with E-state index < -0.39 is 6.98 Å². The van der Waals surface area contributed by atoms with Crippen LogP contribution in [0.4, 0.5) is 12.9 Å². The van der Waals surface area contributed by atoms with Crippen LogP contribution in [0, 0.1) is 5.92 Å². The normalized spacial score (nSPS) is 25.3. The fourth-order valence-corrected chi connectivity index (χ4v) is 1.42. The molecule has 0 bridgehead atoms. The van der Waals surface area contributed by atoms with E-state index in [9.17, 15) is 12.9 Å². The third-order valence-corrected chi connectivity index (χ3v) is 2.31. The Bertz CT molecular complexity index is 188. The van der Waals surface area contributed by atoms with Gasteiger partial charge in [-0.15, -0.1) is 11.5 Å². The standard InChI is InChI=1S/C7H12BF3N/c9-8(10,11)7-3-1-6(5-12)2-4-7/h3,6H,1-2,4-5,12H2/q-1. The van der Waals surface area contributed by atoms with E-state index in [1.165, 1.54) is 6.08 Å². The van der Waals surface area contributed by atoms with Crippen molar-refractivity contribution in [2.75, 3.05) is 6.54 Å². The second-order valence-corrected chi connectivity index (χ2v) is 3.23. The fourth-order valence-electron chi connectivity index (χ4n) is 1.42. The maximum atomic E-state index is 12.1. The molecular formula is C7H12BF3N-. The monoisotopic (exact) mass is 178 g/mol. The van der Waals surface area contributed by atoms with Crippen molar-refractivity contribution in [3.8, 4) is 0 Å². The predicted octanol–water partition coefficient (Wildman–Crippen LogP) is 2.06. The Morgan fingerprint density at radius 3 is 2.50 bits per heavy atom. The van der Waals surface area contributed by atoms with Crippen LogP contribution in [0.1, 0.15) is 19.3 Å². The van der Waals surface area contributed by atoms with Crippen LogP contribution < -0.4 is 5.73 Å². The number of halogens is 3. The molecule has 0 spiro atoms. The lowest BCUT2D eigenvalue weighted by Crippen LogP contribution is -2.25. The maximum Gasteiger partial charge on any atom is 0.505 e. The molecule has 0 aromatic carbocycles. The molecule has 0 radical (unpaired) electrons. The Balaban J connectivity index is 2.56. The largest absolute Gasteiger partial charge is 0.505 e. The van der Waals surface area contributed by atoms with Crippen LogP contribution >= 0.6 is 0 Å². The van der Waals surface area contributed by atoms with Gasteiger partial charge < -0.3 is 18.7 Å². The summed E-state index contributed by atoms with van der Waals surface area (Å²) in [6.07, 6.45) is 2.54. The lowest BCUT2D eigenvalue weighted by atomic mass is 9.71. The number of allylic oxidation sites excluding steroid dienone is 2. The molecule has 1 nitrogen and oxygen atoms in total. The summed E-state index contributed by atoms with van der Waals surface area (Å²) in [5, 5.41) is 0. The minimum atomic E-state index is -4.73. The van der Waals surface area contributed by atoms with Gasteiger partial charge in [0.15, 0.2) is 0 Å². The van der Waals surface area contributed by atoms with E-state index in [-0.39, 0.29) is 17.8 Å². The van der Waals surface area contributed by atoms with Crippen molar-refractivity contribution in [2.45, 2.75) is 19.3 Å². The summed E-state index contributed by atoms with van der Waals surface area (Å²) >= 11 is 0. The van der Waals surface area contributed by atoms with Crippen LogP contribution in [0.5, 0.6) is 0 Å². The maximum absolute atomic E-state index is 12.1. The minimum absolute atomic E-state index is 0.158. The van der Waals surface area contributed by atoms with Crippen molar-refractivity contribution >= 4 is 6.98 Å². The van der Waals surface area contributed by atoms with Gasteiger partial charge in [-0.2, -0.15) is 0 Å². The Kier molecular flexibility index (Phi) is 2.83. The molecule has 1 rings (SSSR count). The molecule has 70 valence electrons. The Morgan fingerprint density at radius 1 is 1.50 bits per heavy atom. The van der Waals surface area contributed by atoms with E-state index >= 15 is 0 Å². The molecule has 1 aliphatic rings. The molecule has 1 aliphatic carbocycles. The van der Waals surface area contributed by atoms with Gasteiger partial charge in [0.1, 0.15) is 0 Å². The Hall–Kier alpha value is -0.445. The Labute approximate surface area is 69.9 Å². The van der Waals surface area contributed by atoms with Gasteiger partial charge in [-0.05, 0) is 25.3 Å². The molecule has 0 aromatic heterocycles. The quantitative estimate of drug-likeness (QED) is 0.643. The summed E-state index contributed by atoms with van der Waals surface area (Å²) in [4.78, 5) is 0. The van der Waals surface area contributed by atoms with Crippen LogP contribution in [-0.2, 0) is 0 Å². The molecule has 0 aliphatic heterocycles. The van der Waals surface area contributed by atoms with E-state index in [1.54, 1.807) is 0 Å². The van der Waals surface area contributed by atoms with Crippen molar-refractivity contribution in [3.05, 3.63) is 11.5 Å². The zero-order valence-corrected chi connectivity index (χ0v) is 6.77. The Morgan fingerprint density at radius 2 is 2.17 bits per heavy atom. The summed E-state index contributed by atoms with van der Waals surface area (Å²) in [5.41, 5.74) is 5.03. The van der Waals surface area contributed by atoms with Crippen LogP contribution in [-0.4, -0.2) is 13.5 Å². The van der Waals surface area contributed by atoms with Crippen molar-refractivity contribution < 1.29 is 12.9 Å². The summed E-state index contributed by atoms with van der Waals surface area (Å²) in [7, 11) is 0. The highest BCUT2D eigenvalue weighted by Crippen LogP contribution is 2.31. The number of hydrogen-bond donors (Lipinski definition) is 1. The molecule has 1 atom stereocenters. The zero-order valence-electron chi connectivity index (χ0n) is 6.77. The first-order chi connectivity index (χ1) is 5.54. The lowest BCUT2D eigenvalue weighted by molar-refractivity contribution is 0.447. The average molecular weight is 178 g/mol. The molecule has 0 saturated carbocycles. The van der Waals surface area contributed by atoms with E-state index in [2.05, 4.69) is 0 Å². The van der Waals surface area contributed by atoms with Crippen LogP contribution in [0.15, 0.2) is 11.5 Å². The molecule has 0 saturated heterocycles. The van der Waals surface area contributed by atoms with Crippen LogP contribution in [0.3, 0.4) is 0 Å². The van der Waals surface area contributed by atoms with Gasteiger partial charge in [-0.3, -0.25) is 0 Å². The lowest BCUT2D eigenvalue weighted by Gasteiger charge is -2.26. The van der Waals surface area contributed by atoms with Crippen LogP contribution in [0.2, 0.25) is 0 Å². The van der Waals surface area contributed by atoms with E-state index in [0.717, 1.165) is 0 Å². The minimum Gasteiger partial charge on any atom is -0.445 e. The molecule has 0 heterocycles. The third-order valence-electron chi connectivity index (χ3n) is 2.31. The molecule has 0 aromatic rings. The SMILES string of the molecule is NCC1CC=C([B-](F)(F)F)CC1. The van der Waals surface area contributed by atoms with Crippen molar-refractivity contribution in [1.82, 2.24) is 0 Å². The highest BCUT2D eigenvalue weighted by atomic mass is 19.4. The summed E-state index contributed by atoms with van der Waals surface area (Å²) < 4.78 is 36.4. The van der Waals surface area contributed by atoms with Crippen molar-refractivity contribution in [2.24, 2.45) is 11.7 Å². The first-order valence-electron chi connectivity index (χ1n) is 4.13. The predicted molar refractivity (Wildman–Crippen MR) is 43.6 cm³/mol. The second kappa shape index (κ2) is 3.52. The average Bonchev–Trinajstić information content (AvgIpc) is 2.03. The molecule has 2 N–H and O–H groups in total. The first kappa shape index (κ1) is 9.64. The summed E-state index contributed by atoms with van der Waals surface area (Å²) in [6.45, 7) is -4.24. The molecule has 0 fully saturated rings. The summed E-state index contributed by atoms with van der Waals surface area (Å²) in [6, 6.07) is 0. The second-order valence-electron chi connectivity index (χ2n) is 3.23. The van der Waals surface area contributed by atoms with Gasteiger partial charge in [0.25, 0.3) is 0 Å². The van der Waals surface area contributed by atoms with Gasteiger partial charge in [0, 0.05) is 0 Å². The highest BCUT2D eigenvalue weighted by Gasteiger charge is 2.29. The van der Waals surface area contributed by atoms with E-state index in [0.29, 0.717) is 19.4 Å². The zero-order chi connectivity index (χ0) is 9.19. The topological polar surface area (TPSA) is 26.0 Å². The highest BCUT2D eigenvalue weighted by molar-refractivity contribution is 6.66. The van der Waals surface area contributed by atoms with Gasteiger partial charge >= 0.3 is 6.98 Å². The molecule has 0 amide bonds. The molecule has 5 heteroatoms. The summed E-state index contributed by atoms with van der Waals surface area (Å²) in [5.74, 6) is 0.256. The van der Waals surface area contributed by atoms with Crippen molar-refractivity contribution in [1.29, 1.82) is 0 Å². The number of rotatable bonds is 2. The van der Waals surface area contributed by atoms with E-state index in [1.807, 2.05) is 0 Å². The van der Waals surface area contributed by atoms with Gasteiger partial charge in [-0.25, -0.2) is 0 Å². The van der Waals surface area contributed by atoms with Gasteiger partial charge in [0.2, 0.25) is 0 Å². The van der Waals surface area contributed by atoms with Gasteiger partial charge in [0.05, 0.1) is 0 Å². The van der Waals surface area contributed by atoms with Crippen LogP contribution in [0.25, 0.3) is 0 Å². The van der Waals surface area contributed by atoms with E-state index in [4.69, 9.17) is 5.73 Å². The number of nitrogens with two attached hydrogens (primary N) is 1. The fraction of sp³-hybridized carbons (Fsp3) is 0.714. The molecule has 1 unspecified atom stereocenters. The number of hydrogen-bond acceptors (Lipinski definition) is 1. The molecule has 12 heavy (non-hydrogen) atoms.